The molecule has 2 atom stereocenters. The predicted molar refractivity (Wildman–Crippen MR) is 91.5 cm³/mol. The molecule has 1 heterocycles. The molecule has 1 aromatic carbocycles. The fourth-order valence-electron chi connectivity index (χ4n) is 2.70. The second kappa shape index (κ2) is 7.78. The van der Waals surface area contributed by atoms with Crippen molar-refractivity contribution >= 4 is 26.8 Å². The van der Waals surface area contributed by atoms with E-state index in [1.807, 2.05) is 0 Å². The number of hydrogen-bond donors (Lipinski definition) is 0. The van der Waals surface area contributed by atoms with E-state index < -0.39 is 0 Å². The summed E-state index contributed by atoms with van der Waals surface area (Å²) in [7, 11) is 0. The van der Waals surface area contributed by atoms with E-state index in [0.717, 1.165) is 17.9 Å². The third-order valence-corrected chi connectivity index (χ3v) is 5.10. The molecule has 2 rings (SSSR count). The average molecular weight is 334 g/mol. The van der Waals surface area contributed by atoms with Crippen LogP contribution in [0.15, 0.2) is 36.4 Å². The first-order chi connectivity index (χ1) is 9.74. The first kappa shape index (κ1) is 15.5. The van der Waals surface area contributed by atoms with Crippen LogP contribution >= 0.6 is 15.9 Å². The fourth-order valence-corrected chi connectivity index (χ4v) is 3.67. The van der Waals surface area contributed by atoms with Gasteiger partial charge in [-0.25, -0.2) is 0 Å². The number of halogens is 1. The molecule has 0 spiro atoms. The van der Waals surface area contributed by atoms with Crippen LogP contribution in [0.5, 0.6) is 0 Å². The lowest BCUT2D eigenvalue weighted by Crippen LogP contribution is -2.17. The van der Waals surface area contributed by atoms with E-state index in [-0.39, 0.29) is 0 Å². The lowest BCUT2D eigenvalue weighted by Gasteiger charge is -2.20. The summed E-state index contributed by atoms with van der Waals surface area (Å²) in [5.41, 5.74) is 2.30. The third kappa shape index (κ3) is 4.05. The smallest absolute Gasteiger partial charge is 0.0705 e. The molecule has 0 aliphatic heterocycles. The van der Waals surface area contributed by atoms with E-state index in [9.17, 15) is 0 Å². The number of unbranched alkanes of at least 4 members (excludes halogenated alkanes) is 1. The van der Waals surface area contributed by atoms with E-state index in [1.54, 1.807) is 0 Å². The molecule has 0 radical (unpaired) electrons. The Morgan fingerprint density at radius 2 is 1.90 bits per heavy atom. The SMILES string of the molecule is CCCCC(CC)C(Br)Cc1ccc2ccccc2n1. The second-order valence-corrected chi connectivity index (χ2v) is 6.70. The highest BCUT2D eigenvalue weighted by molar-refractivity contribution is 9.09. The quantitative estimate of drug-likeness (QED) is 0.587. The van der Waals surface area contributed by atoms with Crippen molar-refractivity contribution in [1.29, 1.82) is 0 Å². The molecule has 2 heteroatoms. The Hall–Kier alpha value is -0.890. The van der Waals surface area contributed by atoms with E-state index in [2.05, 4.69) is 66.2 Å². The summed E-state index contributed by atoms with van der Waals surface area (Å²) in [6, 6.07) is 12.7. The highest BCUT2D eigenvalue weighted by atomic mass is 79.9. The van der Waals surface area contributed by atoms with Crippen LogP contribution in [0.4, 0.5) is 0 Å². The first-order valence-corrected chi connectivity index (χ1v) is 8.64. The molecule has 1 aromatic heterocycles. The van der Waals surface area contributed by atoms with Gasteiger partial charge in [-0.3, -0.25) is 4.98 Å². The zero-order valence-electron chi connectivity index (χ0n) is 12.5. The van der Waals surface area contributed by atoms with E-state index in [1.165, 1.54) is 36.8 Å². The number of hydrogen-bond acceptors (Lipinski definition) is 1. The summed E-state index contributed by atoms with van der Waals surface area (Å²) in [5.74, 6) is 0.753. The molecule has 2 unspecified atom stereocenters. The van der Waals surface area contributed by atoms with Crippen LogP contribution in [-0.4, -0.2) is 9.81 Å². The molecule has 20 heavy (non-hydrogen) atoms. The minimum Gasteiger partial charge on any atom is -0.253 e. The molecule has 0 aliphatic rings. The lowest BCUT2D eigenvalue weighted by atomic mass is 9.93. The number of alkyl halides is 1. The molecule has 1 nitrogen and oxygen atoms in total. The number of nitrogens with zero attached hydrogens (tertiary/aromatic N) is 1. The normalized spacial score (nSPS) is 14.3. The summed E-state index contributed by atoms with van der Waals surface area (Å²) in [4.78, 5) is 5.32. The lowest BCUT2D eigenvalue weighted by molar-refractivity contribution is 0.436. The first-order valence-electron chi connectivity index (χ1n) is 7.73. The summed E-state index contributed by atoms with van der Waals surface area (Å²) >= 11 is 3.90. The maximum atomic E-state index is 4.78. The molecule has 0 fully saturated rings. The topological polar surface area (TPSA) is 12.9 Å². The number of fused-ring (bicyclic) bond motifs is 1. The minimum atomic E-state index is 0.535. The van der Waals surface area contributed by atoms with Gasteiger partial charge >= 0.3 is 0 Å². The van der Waals surface area contributed by atoms with Crippen molar-refractivity contribution in [3.05, 3.63) is 42.1 Å². The Morgan fingerprint density at radius 3 is 2.65 bits per heavy atom. The summed E-state index contributed by atoms with van der Waals surface area (Å²) in [5, 5.41) is 1.22. The van der Waals surface area contributed by atoms with E-state index >= 15 is 0 Å². The van der Waals surface area contributed by atoms with Crippen molar-refractivity contribution in [1.82, 2.24) is 4.98 Å². The molecule has 2 aromatic rings. The van der Waals surface area contributed by atoms with Gasteiger partial charge < -0.3 is 0 Å². The maximum absolute atomic E-state index is 4.78. The van der Waals surface area contributed by atoms with Crippen molar-refractivity contribution in [2.45, 2.75) is 50.8 Å². The molecule has 0 bridgehead atoms. The number of benzene rings is 1. The number of para-hydroxylation sites is 1. The zero-order chi connectivity index (χ0) is 14.4. The largest absolute Gasteiger partial charge is 0.253 e. The van der Waals surface area contributed by atoms with Crippen molar-refractivity contribution in [2.24, 2.45) is 5.92 Å². The number of pyridine rings is 1. The van der Waals surface area contributed by atoms with Gasteiger partial charge in [0.05, 0.1) is 5.52 Å². The highest BCUT2D eigenvalue weighted by Gasteiger charge is 2.17. The van der Waals surface area contributed by atoms with Crippen LogP contribution in [0.3, 0.4) is 0 Å². The van der Waals surface area contributed by atoms with E-state index in [4.69, 9.17) is 4.98 Å². The molecular formula is C18H24BrN. The summed E-state index contributed by atoms with van der Waals surface area (Å²) < 4.78 is 0. The van der Waals surface area contributed by atoms with E-state index in [0.29, 0.717) is 4.83 Å². The van der Waals surface area contributed by atoms with Gasteiger partial charge in [-0.05, 0) is 24.5 Å². The average Bonchev–Trinajstić information content (AvgIpc) is 2.48. The van der Waals surface area contributed by atoms with Crippen LogP contribution in [0.25, 0.3) is 10.9 Å². The molecular weight excluding hydrogens is 310 g/mol. The van der Waals surface area contributed by atoms with Gasteiger partial charge in [0.15, 0.2) is 0 Å². The monoisotopic (exact) mass is 333 g/mol. The molecule has 0 N–H and O–H groups in total. The maximum Gasteiger partial charge on any atom is 0.0705 e. The highest BCUT2D eigenvalue weighted by Crippen LogP contribution is 2.26. The molecule has 0 aliphatic carbocycles. The minimum absolute atomic E-state index is 0.535. The molecule has 0 saturated heterocycles. The predicted octanol–water partition coefficient (Wildman–Crippen LogP) is 5.76. The van der Waals surface area contributed by atoms with Gasteiger partial charge in [0.25, 0.3) is 0 Å². The van der Waals surface area contributed by atoms with Crippen LogP contribution in [0, 0.1) is 5.92 Å². The summed E-state index contributed by atoms with van der Waals surface area (Å²) in [6.45, 7) is 4.56. The summed E-state index contributed by atoms with van der Waals surface area (Å²) in [6.07, 6.45) is 6.18. The van der Waals surface area contributed by atoms with Crippen LogP contribution in [-0.2, 0) is 6.42 Å². The van der Waals surface area contributed by atoms with Crippen molar-refractivity contribution in [3.8, 4) is 0 Å². The number of aromatic nitrogens is 1. The van der Waals surface area contributed by atoms with Gasteiger partial charge in [-0.15, -0.1) is 0 Å². The third-order valence-electron chi connectivity index (χ3n) is 4.02. The molecule has 0 amide bonds. The molecule has 0 saturated carbocycles. The van der Waals surface area contributed by atoms with Gasteiger partial charge in [0.2, 0.25) is 0 Å². The van der Waals surface area contributed by atoms with Crippen molar-refractivity contribution in [2.75, 3.05) is 0 Å². The Labute approximate surface area is 130 Å². The van der Waals surface area contributed by atoms with Crippen LogP contribution in [0.2, 0.25) is 0 Å². The van der Waals surface area contributed by atoms with Gasteiger partial charge in [-0.1, -0.05) is 73.3 Å². The van der Waals surface area contributed by atoms with Crippen molar-refractivity contribution in [3.63, 3.8) is 0 Å². The van der Waals surface area contributed by atoms with Gasteiger partial charge in [0.1, 0.15) is 0 Å². The number of rotatable bonds is 7. The van der Waals surface area contributed by atoms with Gasteiger partial charge in [0, 0.05) is 22.3 Å². The molecule has 108 valence electrons. The van der Waals surface area contributed by atoms with Gasteiger partial charge in [-0.2, -0.15) is 0 Å². The Bertz CT molecular complexity index is 538. The van der Waals surface area contributed by atoms with Crippen LogP contribution in [0.1, 0.15) is 45.2 Å². The Kier molecular flexibility index (Phi) is 6.03. The fraction of sp³-hybridized carbons (Fsp3) is 0.500. The standard InChI is InChI=1S/C18H24BrN/c1-3-5-8-14(4-2)17(19)13-16-12-11-15-9-6-7-10-18(15)20-16/h6-7,9-12,14,17H,3-5,8,13H2,1-2H3. The Morgan fingerprint density at radius 1 is 1.10 bits per heavy atom. The van der Waals surface area contributed by atoms with Crippen LogP contribution < -0.4 is 0 Å². The van der Waals surface area contributed by atoms with Crippen molar-refractivity contribution < 1.29 is 0 Å². The zero-order valence-corrected chi connectivity index (χ0v) is 14.1. The second-order valence-electron chi connectivity index (χ2n) is 5.53. The Balaban J connectivity index is 2.06.